The van der Waals surface area contributed by atoms with E-state index >= 15 is 0 Å². The Morgan fingerprint density at radius 2 is 2.13 bits per heavy atom. The molecule has 1 unspecified atom stereocenters. The lowest BCUT2D eigenvalue weighted by Crippen LogP contribution is -2.23. The van der Waals surface area contributed by atoms with E-state index in [1.54, 1.807) is 23.6 Å². The number of sulfone groups is 1. The minimum atomic E-state index is -3.09. The summed E-state index contributed by atoms with van der Waals surface area (Å²) in [5, 5.41) is 5.90. The van der Waals surface area contributed by atoms with Gasteiger partial charge in [0.2, 0.25) is 5.91 Å². The fourth-order valence-corrected chi connectivity index (χ4v) is 5.20. The lowest BCUT2D eigenvalue weighted by Gasteiger charge is -2.06. The minimum absolute atomic E-state index is 0.0618. The van der Waals surface area contributed by atoms with E-state index in [4.69, 9.17) is 23.2 Å². The summed E-state index contributed by atoms with van der Waals surface area (Å²) in [5.41, 5.74) is 1.29. The molecule has 3 rings (SSSR count). The fourth-order valence-electron chi connectivity index (χ4n) is 2.36. The summed E-state index contributed by atoms with van der Waals surface area (Å²) in [7, 11) is -3.09. The Hall–Kier alpha value is -1.15. The van der Waals surface area contributed by atoms with E-state index in [2.05, 4.69) is 10.3 Å². The standard InChI is InChI=1S/C14H12Cl2N2O3S2/c15-9-1-2-11(16)10(5-9)12-6-22-14(17-12)18-13(19)8-3-4-23(20,21)7-8/h1-2,5-6,8H,3-4,7H2,(H,17,18,19). The van der Waals surface area contributed by atoms with Crippen molar-refractivity contribution in [3.05, 3.63) is 33.6 Å². The molecule has 23 heavy (non-hydrogen) atoms. The van der Waals surface area contributed by atoms with E-state index in [0.29, 0.717) is 32.9 Å². The maximum Gasteiger partial charge on any atom is 0.230 e. The molecule has 1 aliphatic heterocycles. The third kappa shape index (κ3) is 3.85. The number of anilines is 1. The first-order valence-corrected chi connectivity index (χ1v) is 10.2. The molecule has 0 bridgehead atoms. The highest BCUT2D eigenvalue weighted by molar-refractivity contribution is 7.91. The summed E-state index contributed by atoms with van der Waals surface area (Å²) in [6.45, 7) is 0. The molecule has 0 radical (unpaired) electrons. The average Bonchev–Trinajstić information content (AvgIpc) is 3.08. The number of halogens is 2. The third-order valence-electron chi connectivity index (χ3n) is 3.54. The number of carbonyl (C=O) groups is 1. The SMILES string of the molecule is O=C(Nc1nc(-c2cc(Cl)ccc2Cl)cs1)C1CCS(=O)(=O)C1. The second kappa shape index (κ2) is 6.39. The van der Waals surface area contributed by atoms with Gasteiger partial charge < -0.3 is 5.32 Å². The maximum atomic E-state index is 12.1. The Kier molecular flexibility index (Phi) is 4.64. The first-order chi connectivity index (χ1) is 10.8. The van der Waals surface area contributed by atoms with Crippen LogP contribution in [0.2, 0.25) is 10.0 Å². The normalized spacial score (nSPS) is 19.7. The molecule has 122 valence electrons. The summed E-state index contributed by atoms with van der Waals surface area (Å²) >= 11 is 13.3. The number of carbonyl (C=O) groups excluding carboxylic acids is 1. The van der Waals surface area contributed by atoms with Gasteiger partial charge in [-0.3, -0.25) is 4.79 Å². The van der Waals surface area contributed by atoms with E-state index in [0.717, 1.165) is 0 Å². The summed E-state index contributed by atoms with van der Waals surface area (Å²) in [6.07, 6.45) is 0.354. The number of aromatic nitrogens is 1. The van der Waals surface area contributed by atoms with Crippen LogP contribution in [0.3, 0.4) is 0 Å². The number of hydrogen-bond acceptors (Lipinski definition) is 5. The van der Waals surface area contributed by atoms with Gasteiger partial charge in [-0.2, -0.15) is 0 Å². The number of rotatable bonds is 3. The molecule has 1 saturated heterocycles. The van der Waals surface area contributed by atoms with E-state index < -0.39 is 15.8 Å². The van der Waals surface area contributed by atoms with Crippen LogP contribution in [0.25, 0.3) is 11.3 Å². The lowest BCUT2D eigenvalue weighted by atomic mass is 10.1. The molecule has 0 saturated carbocycles. The van der Waals surface area contributed by atoms with Crippen molar-refractivity contribution in [3.63, 3.8) is 0 Å². The Morgan fingerprint density at radius 3 is 2.83 bits per heavy atom. The van der Waals surface area contributed by atoms with Crippen LogP contribution < -0.4 is 5.32 Å². The molecule has 1 amide bonds. The van der Waals surface area contributed by atoms with Crippen molar-refractivity contribution in [2.24, 2.45) is 5.92 Å². The Balaban J connectivity index is 1.75. The van der Waals surface area contributed by atoms with Gasteiger partial charge in [-0.25, -0.2) is 13.4 Å². The maximum absolute atomic E-state index is 12.1. The molecular formula is C14H12Cl2N2O3S2. The molecule has 5 nitrogen and oxygen atoms in total. The van der Waals surface area contributed by atoms with Gasteiger partial charge in [-0.15, -0.1) is 11.3 Å². The second-order valence-electron chi connectivity index (χ2n) is 5.25. The van der Waals surface area contributed by atoms with Crippen molar-refractivity contribution in [2.45, 2.75) is 6.42 Å². The van der Waals surface area contributed by atoms with Crippen LogP contribution >= 0.6 is 34.5 Å². The van der Waals surface area contributed by atoms with E-state index in [1.807, 2.05) is 0 Å². The molecule has 2 aromatic rings. The van der Waals surface area contributed by atoms with Crippen LogP contribution in [0, 0.1) is 5.92 Å². The Morgan fingerprint density at radius 1 is 1.35 bits per heavy atom. The third-order valence-corrected chi connectivity index (χ3v) is 6.63. The van der Waals surface area contributed by atoms with Crippen LogP contribution in [0.5, 0.6) is 0 Å². The Bertz CT molecular complexity index is 865. The van der Waals surface area contributed by atoms with Crippen molar-refractivity contribution >= 4 is 55.4 Å². The van der Waals surface area contributed by atoms with Crippen LogP contribution in [0.15, 0.2) is 23.6 Å². The smallest absolute Gasteiger partial charge is 0.230 e. The van der Waals surface area contributed by atoms with Gasteiger partial charge in [0.05, 0.1) is 28.1 Å². The number of nitrogens with one attached hydrogen (secondary N) is 1. The van der Waals surface area contributed by atoms with Gasteiger partial charge in [0.1, 0.15) is 0 Å². The fraction of sp³-hybridized carbons (Fsp3) is 0.286. The highest BCUT2D eigenvalue weighted by Gasteiger charge is 2.33. The van der Waals surface area contributed by atoms with Gasteiger partial charge in [0, 0.05) is 16.0 Å². The molecular weight excluding hydrogens is 379 g/mol. The molecule has 0 aliphatic carbocycles. The molecule has 1 atom stereocenters. The predicted molar refractivity (Wildman–Crippen MR) is 93.0 cm³/mol. The van der Waals surface area contributed by atoms with Crippen molar-refractivity contribution in [2.75, 3.05) is 16.8 Å². The van der Waals surface area contributed by atoms with Crippen molar-refractivity contribution in [1.29, 1.82) is 0 Å². The predicted octanol–water partition coefficient (Wildman–Crippen LogP) is 3.49. The monoisotopic (exact) mass is 390 g/mol. The number of hydrogen-bond donors (Lipinski definition) is 1. The van der Waals surface area contributed by atoms with Crippen molar-refractivity contribution in [1.82, 2.24) is 4.98 Å². The van der Waals surface area contributed by atoms with Crippen LogP contribution in [-0.2, 0) is 14.6 Å². The van der Waals surface area contributed by atoms with Crippen LogP contribution in [-0.4, -0.2) is 30.8 Å². The summed E-state index contributed by atoms with van der Waals surface area (Å²) in [5.74, 6) is -0.866. The van der Waals surface area contributed by atoms with E-state index in [9.17, 15) is 13.2 Å². The molecule has 1 aromatic carbocycles. The Labute approximate surface area is 147 Å². The first-order valence-electron chi connectivity index (χ1n) is 6.76. The first kappa shape index (κ1) is 16.7. The van der Waals surface area contributed by atoms with Gasteiger partial charge in [-0.05, 0) is 24.6 Å². The van der Waals surface area contributed by atoms with E-state index in [1.165, 1.54) is 11.3 Å². The van der Waals surface area contributed by atoms with Gasteiger partial charge in [0.25, 0.3) is 0 Å². The molecule has 0 spiro atoms. The topological polar surface area (TPSA) is 76.1 Å². The number of amides is 1. The van der Waals surface area contributed by atoms with Crippen LogP contribution in [0.4, 0.5) is 5.13 Å². The zero-order valence-corrected chi connectivity index (χ0v) is 14.9. The minimum Gasteiger partial charge on any atom is -0.302 e. The molecule has 1 aromatic heterocycles. The molecule has 1 aliphatic rings. The summed E-state index contributed by atoms with van der Waals surface area (Å²) < 4.78 is 22.9. The highest BCUT2D eigenvalue weighted by atomic mass is 35.5. The quantitative estimate of drug-likeness (QED) is 0.869. The van der Waals surface area contributed by atoms with Crippen molar-refractivity contribution < 1.29 is 13.2 Å². The van der Waals surface area contributed by atoms with E-state index in [-0.39, 0.29) is 17.4 Å². The molecule has 1 N–H and O–H groups in total. The molecule has 9 heteroatoms. The summed E-state index contributed by atoms with van der Waals surface area (Å²) in [4.78, 5) is 16.4. The number of benzene rings is 1. The largest absolute Gasteiger partial charge is 0.302 e. The van der Waals surface area contributed by atoms with Gasteiger partial charge in [-0.1, -0.05) is 23.2 Å². The van der Waals surface area contributed by atoms with Gasteiger partial charge >= 0.3 is 0 Å². The van der Waals surface area contributed by atoms with Crippen LogP contribution in [0.1, 0.15) is 6.42 Å². The molecule has 1 fully saturated rings. The zero-order valence-electron chi connectivity index (χ0n) is 11.8. The average molecular weight is 391 g/mol. The van der Waals surface area contributed by atoms with Crippen molar-refractivity contribution in [3.8, 4) is 11.3 Å². The zero-order chi connectivity index (χ0) is 16.6. The highest BCUT2D eigenvalue weighted by Crippen LogP contribution is 2.33. The van der Waals surface area contributed by atoms with Gasteiger partial charge in [0.15, 0.2) is 15.0 Å². The lowest BCUT2D eigenvalue weighted by molar-refractivity contribution is -0.119. The molecule has 2 heterocycles. The number of thiazole rings is 1. The second-order valence-corrected chi connectivity index (χ2v) is 9.18. The summed E-state index contributed by atoms with van der Waals surface area (Å²) in [6, 6.07) is 5.07. The number of nitrogens with zero attached hydrogens (tertiary/aromatic N) is 1.